The smallest absolute Gasteiger partial charge is 0.157 e. The van der Waals surface area contributed by atoms with Crippen LogP contribution in [0.2, 0.25) is 10.0 Å². The highest BCUT2D eigenvalue weighted by atomic mass is 35.5. The summed E-state index contributed by atoms with van der Waals surface area (Å²) in [5, 5.41) is 4.35. The Labute approximate surface area is 189 Å². The van der Waals surface area contributed by atoms with E-state index < -0.39 is 0 Å². The predicted octanol–water partition coefficient (Wildman–Crippen LogP) is 4.22. The molecule has 0 saturated carbocycles. The van der Waals surface area contributed by atoms with E-state index in [0.29, 0.717) is 33.1 Å². The van der Waals surface area contributed by atoms with Crippen LogP contribution in [0.25, 0.3) is 22.4 Å². The molecule has 4 heterocycles. The number of piperazine rings is 1. The Bertz CT molecular complexity index is 1210. The SMILES string of the molecule is CN1CCN(c2cc(Nc3nccc4nc(-c5c(Cl)cccc5Cl)[nH]c34)ncn2)CC1. The summed E-state index contributed by atoms with van der Waals surface area (Å²) >= 11 is 12.7. The van der Waals surface area contributed by atoms with Gasteiger partial charge in [-0.1, -0.05) is 29.3 Å². The van der Waals surface area contributed by atoms with Gasteiger partial charge >= 0.3 is 0 Å². The average Bonchev–Trinajstić information content (AvgIpc) is 3.19. The highest BCUT2D eigenvalue weighted by Crippen LogP contribution is 2.35. The van der Waals surface area contributed by atoms with Crippen LogP contribution >= 0.6 is 23.2 Å². The molecule has 0 atom stereocenters. The number of halogens is 2. The van der Waals surface area contributed by atoms with E-state index in [2.05, 4.69) is 47.1 Å². The normalized spacial score (nSPS) is 14.9. The number of hydrogen-bond acceptors (Lipinski definition) is 7. The number of nitrogens with one attached hydrogen (secondary N) is 2. The molecule has 4 aromatic rings. The lowest BCUT2D eigenvalue weighted by Gasteiger charge is -2.33. The van der Waals surface area contributed by atoms with E-state index in [0.717, 1.165) is 43.0 Å². The molecular weight excluding hydrogens is 435 g/mol. The first-order valence-electron chi connectivity index (χ1n) is 9.90. The summed E-state index contributed by atoms with van der Waals surface area (Å²) in [7, 11) is 2.13. The van der Waals surface area contributed by atoms with E-state index in [-0.39, 0.29) is 0 Å². The van der Waals surface area contributed by atoms with Gasteiger partial charge < -0.3 is 20.1 Å². The Morgan fingerprint density at radius 1 is 1.00 bits per heavy atom. The quantitative estimate of drug-likeness (QED) is 0.477. The molecule has 3 aromatic heterocycles. The number of aromatic amines is 1. The number of benzene rings is 1. The Hall–Kier alpha value is -2.94. The lowest BCUT2D eigenvalue weighted by atomic mass is 10.2. The molecule has 1 saturated heterocycles. The number of H-pyrrole nitrogens is 1. The second kappa shape index (κ2) is 8.30. The number of pyridine rings is 1. The van der Waals surface area contributed by atoms with E-state index in [1.54, 1.807) is 30.7 Å². The van der Waals surface area contributed by atoms with Crippen molar-refractivity contribution in [3.8, 4) is 11.4 Å². The van der Waals surface area contributed by atoms with Gasteiger partial charge in [-0.15, -0.1) is 0 Å². The molecule has 1 aromatic carbocycles. The summed E-state index contributed by atoms with van der Waals surface area (Å²) in [6.07, 6.45) is 3.27. The molecule has 2 N–H and O–H groups in total. The van der Waals surface area contributed by atoms with E-state index >= 15 is 0 Å². The first-order chi connectivity index (χ1) is 15.1. The maximum atomic E-state index is 6.36. The van der Waals surface area contributed by atoms with Crippen LogP contribution in [-0.4, -0.2) is 63.0 Å². The van der Waals surface area contributed by atoms with Crippen molar-refractivity contribution >= 4 is 51.7 Å². The van der Waals surface area contributed by atoms with Crippen LogP contribution in [0.5, 0.6) is 0 Å². The third-order valence-corrected chi connectivity index (χ3v) is 5.96. The van der Waals surface area contributed by atoms with Gasteiger partial charge in [0.2, 0.25) is 0 Å². The third-order valence-electron chi connectivity index (χ3n) is 5.33. The van der Waals surface area contributed by atoms with E-state index in [9.17, 15) is 0 Å². The van der Waals surface area contributed by atoms with Crippen molar-refractivity contribution in [2.45, 2.75) is 0 Å². The van der Waals surface area contributed by atoms with E-state index in [1.807, 2.05) is 12.1 Å². The number of rotatable bonds is 4. The number of fused-ring (bicyclic) bond motifs is 1. The lowest BCUT2D eigenvalue weighted by molar-refractivity contribution is 0.312. The van der Waals surface area contributed by atoms with E-state index in [1.165, 1.54) is 0 Å². The summed E-state index contributed by atoms with van der Waals surface area (Å²) in [6, 6.07) is 9.15. The number of likely N-dealkylation sites (N-methyl/N-ethyl adjacent to an activating group) is 1. The van der Waals surface area contributed by atoms with Crippen molar-refractivity contribution in [2.75, 3.05) is 43.4 Å². The summed E-state index contributed by atoms with van der Waals surface area (Å²) in [4.78, 5) is 25.8. The molecule has 0 unspecified atom stereocenters. The monoisotopic (exact) mass is 454 g/mol. The second-order valence-corrected chi connectivity index (χ2v) is 8.23. The Morgan fingerprint density at radius 3 is 2.55 bits per heavy atom. The van der Waals surface area contributed by atoms with Crippen molar-refractivity contribution in [1.82, 2.24) is 29.8 Å². The Morgan fingerprint density at radius 2 is 1.77 bits per heavy atom. The Kier molecular flexibility index (Phi) is 5.35. The molecule has 0 bridgehead atoms. The lowest BCUT2D eigenvalue weighted by Crippen LogP contribution is -2.44. The van der Waals surface area contributed by atoms with Crippen LogP contribution in [0.4, 0.5) is 17.5 Å². The molecule has 0 spiro atoms. The highest BCUT2D eigenvalue weighted by Gasteiger charge is 2.17. The molecular formula is C21H20Cl2N8. The summed E-state index contributed by atoms with van der Waals surface area (Å²) in [5.41, 5.74) is 2.15. The van der Waals surface area contributed by atoms with Gasteiger partial charge in [-0.25, -0.2) is 19.9 Å². The van der Waals surface area contributed by atoms with Crippen LogP contribution in [0.3, 0.4) is 0 Å². The number of aromatic nitrogens is 5. The highest BCUT2D eigenvalue weighted by molar-refractivity contribution is 6.39. The van der Waals surface area contributed by atoms with Crippen LogP contribution in [-0.2, 0) is 0 Å². The number of nitrogens with zero attached hydrogens (tertiary/aromatic N) is 6. The molecule has 8 nitrogen and oxygen atoms in total. The summed E-state index contributed by atoms with van der Waals surface area (Å²) < 4.78 is 0. The molecule has 1 aliphatic heterocycles. The maximum absolute atomic E-state index is 6.36. The fourth-order valence-electron chi connectivity index (χ4n) is 3.62. The zero-order chi connectivity index (χ0) is 21.4. The van der Waals surface area contributed by atoms with Crippen LogP contribution in [0, 0.1) is 0 Å². The van der Waals surface area contributed by atoms with Crippen LogP contribution in [0.15, 0.2) is 42.9 Å². The van der Waals surface area contributed by atoms with Crippen molar-refractivity contribution in [2.24, 2.45) is 0 Å². The van der Waals surface area contributed by atoms with Gasteiger partial charge in [-0.2, -0.15) is 0 Å². The second-order valence-electron chi connectivity index (χ2n) is 7.41. The van der Waals surface area contributed by atoms with Gasteiger partial charge in [-0.05, 0) is 25.2 Å². The molecule has 31 heavy (non-hydrogen) atoms. The zero-order valence-corrected chi connectivity index (χ0v) is 18.3. The van der Waals surface area contributed by atoms with Crippen molar-refractivity contribution in [1.29, 1.82) is 0 Å². The van der Waals surface area contributed by atoms with Crippen LogP contribution in [0.1, 0.15) is 0 Å². The number of anilines is 3. The first kappa shape index (κ1) is 20.0. The van der Waals surface area contributed by atoms with Gasteiger partial charge in [0.25, 0.3) is 0 Å². The predicted molar refractivity (Wildman–Crippen MR) is 124 cm³/mol. The number of imidazole rings is 1. The molecule has 5 rings (SSSR count). The minimum Gasteiger partial charge on any atom is -0.354 e. The van der Waals surface area contributed by atoms with Gasteiger partial charge in [0.1, 0.15) is 29.3 Å². The Balaban J connectivity index is 1.46. The zero-order valence-electron chi connectivity index (χ0n) is 16.8. The molecule has 0 amide bonds. The van der Waals surface area contributed by atoms with Gasteiger partial charge in [0, 0.05) is 38.4 Å². The molecule has 0 aliphatic carbocycles. The molecule has 1 fully saturated rings. The number of hydrogen-bond donors (Lipinski definition) is 2. The fourth-order valence-corrected chi connectivity index (χ4v) is 4.19. The molecule has 1 aliphatic rings. The summed E-state index contributed by atoms with van der Waals surface area (Å²) in [6.45, 7) is 3.89. The first-order valence-corrected chi connectivity index (χ1v) is 10.7. The fraction of sp³-hybridized carbons (Fsp3) is 0.238. The standard InChI is InChI=1S/C21H20Cl2N8/c1-30-7-9-31(10-8-30)17-11-16(25-12-26-17)28-21-19-15(5-6-24-21)27-20(29-19)18-13(22)3-2-4-14(18)23/h2-6,11-12H,7-10H2,1H3,(H,27,29)(H,24,25,26,28). The van der Waals surface area contributed by atoms with Gasteiger partial charge in [-0.3, -0.25) is 0 Å². The van der Waals surface area contributed by atoms with Crippen LogP contribution < -0.4 is 10.2 Å². The maximum Gasteiger partial charge on any atom is 0.157 e. The topological polar surface area (TPSA) is 85.9 Å². The molecule has 158 valence electrons. The largest absolute Gasteiger partial charge is 0.354 e. The van der Waals surface area contributed by atoms with Crippen molar-refractivity contribution in [3.63, 3.8) is 0 Å². The molecule has 10 heteroatoms. The minimum absolute atomic E-state index is 0.529. The minimum atomic E-state index is 0.529. The average molecular weight is 455 g/mol. The third kappa shape index (κ3) is 4.01. The van der Waals surface area contributed by atoms with Crippen molar-refractivity contribution < 1.29 is 0 Å². The van der Waals surface area contributed by atoms with Crippen molar-refractivity contribution in [3.05, 3.63) is 52.9 Å². The van der Waals surface area contributed by atoms with Gasteiger partial charge in [0.05, 0.1) is 21.1 Å². The molecule has 0 radical (unpaired) electrons. The van der Waals surface area contributed by atoms with Gasteiger partial charge in [0.15, 0.2) is 5.82 Å². The van der Waals surface area contributed by atoms with E-state index in [4.69, 9.17) is 23.2 Å². The summed E-state index contributed by atoms with van der Waals surface area (Å²) in [5.74, 6) is 2.76.